The fraction of sp³-hybridized carbons (Fsp3) is 0.375. The topological polar surface area (TPSA) is 270 Å². The molecule has 0 bridgehead atoms. The van der Waals surface area contributed by atoms with Crippen LogP contribution in [0.5, 0.6) is 0 Å². The van der Waals surface area contributed by atoms with Crippen LogP contribution in [0.3, 0.4) is 0 Å². The molecule has 4 amide bonds. The molecule has 2 aliphatic heterocycles. The second kappa shape index (κ2) is 16.0. The maximum Gasteiger partial charge on any atom is 0.278 e. The van der Waals surface area contributed by atoms with Crippen molar-refractivity contribution in [1.82, 2.24) is 53.9 Å². The van der Waals surface area contributed by atoms with Gasteiger partial charge >= 0.3 is 0 Å². The number of nitrogens with zero attached hydrogens (tertiary/aromatic N) is 10. The van der Waals surface area contributed by atoms with Gasteiger partial charge in [-0.25, -0.2) is 15.0 Å². The number of imidazole rings is 2. The smallest absolute Gasteiger partial charge is 0.278 e. The highest BCUT2D eigenvalue weighted by molar-refractivity contribution is 6.07. The lowest BCUT2D eigenvalue weighted by atomic mass is 10.0. The molecule has 5 aromatic heterocycles. The number of primary amides is 2. The fourth-order valence-electron chi connectivity index (χ4n) is 8.35. The van der Waals surface area contributed by atoms with Gasteiger partial charge in [-0.3, -0.25) is 48.6 Å². The van der Waals surface area contributed by atoms with Gasteiger partial charge in [0.1, 0.15) is 16.9 Å². The summed E-state index contributed by atoms with van der Waals surface area (Å²) in [6.07, 6.45) is 5.14. The Bertz CT molecular complexity index is 2710. The van der Waals surface area contributed by atoms with Gasteiger partial charge in [0.2, 0.25) is 23.7 Å². The molecule has 2 fully saturated rings. The lowest BCUT2D eigenvalue weighted by molar-refractivity contribution is 0.0991. The number of aryl methyl sites for hydroxylation is 4. The average molecular weight is 817 g/mol. The number of hydrogen-bond acceptors (Lipinski definition) is 12. The van der Waals surface area contributed by atoms with E-state index in [1.54, 1.807) is 33.0 Å². The first-order valence-corrected chi connectivity index (χ1v) is 19.9. The van der Waals surface area contributed by atoms with Crippen LogP contribution in [-0.4, -0.2) is 98.4 Å². The van der Waals surface area contributed by atoms with Crippen molar-refractivity contribution in [2.45, 2.75) is 60.4 Å². The van der Waals surface area contributed by atoms with Gasteiger partial charge in [-0.15, -0.1) is 0 Å². The standard InChI is InChI=1S/C40H48N16O4/c1-5-55-30(11-21(3)50-55)37(59)48-40-47-29-14-24(35(43)58)17-45-36(29)54(40)10-8-7-9-53-32-25(18-52-19-26-15-44-16-27(26)20-52)12-23(34(42)57)13-28(32)46-39(53)49-38(60)33-31(41)22(4)51-56(33)6-2/h7-8,11-14,17,26-27,44H,5-6,9-10,15-16,18-20,41H2,1-4H3,(H2,42,57)(H2,43,58)(H,46,49,60)(H,47,48,59)/b8-7+/t26-,27+. The molecule has 2 saturated heterocycles. The van der Waals surface area contributed by atoms with E-state index in [1.807, 2.05) is 43.6 Å². The summed E-state index contributed by atoms with van der Waals surface area (Å²) in [4.78, 5) is 68.5. The number of likely N-dealkylation sites (tertiary alicyclic amines) is 1. The molecule has 312 valence electrons. The Balaban J connectivity index is 1.16. The first kappa shape index (κ1) is 39.9. The average Bonchev–Trinajstić information content (AvgIpc) is 4.06. The number of anilines is 3. The van der Waals surface area contributed by atoms with Crippen molar-refractivity contribution in [1.29, 1.82) is 0 Å². The highest BCUT2D eigenvalue weighted by Crippen LogP contribution is 2.32. The number of allylic oxidation sites excluding steroid dienone is 2. The molecular weight excluding hydrogens is 769 g/mol. The third-order valence-corrected chi connectivity index (χ3v) is 11.2. The zero-order valence-electron chi connectivity index (χ0n) is 33.9. The van der Waals surface area contributed by atoms with Crippen LogP contribution in [0.15, 0.2) is 42.6 Å². The lowest BCUT2D eigenvalue weighted by Crippen LogP contribution is -2.26. The molecule has 8 rings (SSSR count). The molecule has 20 nitrogen and oxygen atoms in total. The van der Waals surface area contributed by atoms with Crippen LogP contribution in [0.25, 0.3) is 22.2 Å². The Kier molecular flexibility index (Phi) is 10.6. The fourth-order valence-corrected chi connectivity index (χ4v) is 8.35. The van der Waals surface area contributed by atoms with E-state index in [0.29, 0.717) is 70.8 Å². The first-order valence-electron chi connectivity index (χ1n) is 19.9. The van der Waals surface area contributed by atoms with Crippen LogP contribution >= 0.6 is 0 Å². The van der Waals surface area contributed by atoms with Gasteiger partial charge in [0, 0.05) is 57.6 Å². The molecule has 9 N–H and O–H groups in total. The number of aromatic nitrogens is 9. The quantitative estimate of drug-likeness (QED) is 0.0863. The Hall–Kier alpha value is -6.93. The van der Waals surface area contributed by atoms with Crippen molar-refractivity contribution in [2.24, 2.45) is 23.3 Å². The Labute approximate surface area is 344 Å². The minimum absolute atomic E-state index is 0.171. The van der Waals surface area contributed by atoms with E-state index in [9.17, 15) is 19.2 Å². The summed E-state index contributed by atoms with van der Waals surface area (Å²) in [5.41, 5.74) is 23.1. The van der Waals surface area contributed by atoms with E-state index in [0.717, 1.165) is 37.3 Å². The van der Waals surface area contributed by atoms with Gasteiger partial charge in [-0.2, -0.15) is 10.2 Å². The number of rotatable bonds is 14. The van der Waals surface area contributed by atoms with E-state index in [1.165, 1.54) is 12.3 Å². The molecule has 1 aromatic carbocycles. The van der Waals surface area contributed by atoms with Crippen molar-refractivity contribution in [2.75, 3.05) is 42.5 Å². The summed E-state index contributed by atoms with van der Waals surface area (Å²) in [7, 11) is 0. The molecular formula is C40H48N16O4. The van der Waals surface area contributed by atoms with Crippen molar-refractivity contribution >= 4 is 63.4 Å². The van der Waals surface area contributed by atoms with Gasteiger partial charge in [0.15, 0.2) is 5.65 Å². The molecule has 2 aliphatic rings. The number of carbonyl (C=O) groups is 4. The number of nitrogens with two attached hydrogens (primary N) is 3. The van der Waals surface area contributed by atoms with Crippen LogP contribution in [0.2, 0.25) is 0 Å². The highest BCUT2D eigenvalue weighted by atomic mass is 16.2. The largest absolute Gasteiger partial charge is 0.395 e. The second-order valence-electron chi connectivity index (χ2n) is 15.3. The zero-order chi connectivity index (χ0) is 42.4. The molecule has 20 heteroatoms. The molecule has 7 heterocycles. The third-order valence-electron chi connectivity index (χ3n) is 11.2. The first-order chi connectivity index (χ1) is 28.8. The number of amides is 4. The highest BCUT2D eigenvalue weighted by Gasteiger charge is 2.36. The maximum absolute atomic E-state index is 14.0. The normalized spacial score (nSPS) is 16.7. The SMILES string of the molecule is CCn1nc(C)cc1C(=O)Nc1nc2cc(C(N)=O)cnc2n1C/C=C/Cn1c(NC(=O)c2c(N)c(C)nn2CC)nc2cc(C(N)=O)cc(CN3C[C@H]4CNC[C@H]4C3)c21. The molecule has 2 atom stereocenters. The Morgan fingerprint density at radius 1 is 0.817 bits per heavy atom. The lowest BCUT2D eigenvalue weighted by Gasteiger charge is -2.19. The molecule has 0 radical (unpaired) electrons. The van der Waals surface area contributed by atoms with Crippen molar-refractivity contribution in [3.63, 3.8) is 0 Å². The van der Waals surface area contributed by atoms with Crippen LogP contribution in [0, 0.1) is 25.7 Å². The van der Waals surface area contributed by atoms with Crippen molar-refractivity contribution < 1.29 is 19.2 Å². The van der Waals surface area contributed by atoms with Crippen LogP contribution in [0.4, 0.5) is 17.6 Å². The van der Waals surface area contributed by atoms with Crippen molar-refractivity contribution in [3.05, 3.63) is 82.1 Å². The Morgan fingerprint density at radius 2 is 1.45 bits per heavy atom. The zero-order valence-corrected chi connectivity index (χ0v) is 33.9. The number of pyridine rings is 1. The Morgan fingerprint density at radius 3 is 2.13 bits per heavy atom. The minimum atomic E-state index is -0.661. The summed E-state index contributed by atoms with van der Waals surface area (Å²) in [6, 6.07) is 6.67. The van der Waals surface area contributed by atoms with E-state index in [4.69, 9.17) is 22.2 Å². The van der Waals surface area contributed by atoms with Gasteiger partial charge in [-0.1, -0.05) is 12.2 Å². The number of fused-ring (bicyclic) bond motifs is 3. The van der Waals surface area contributed by atoms with E-state index in [2.05, 4.69) is 41.0 Å². The summed E-state index contributed by atoms with van der Waals surface area (Å²) >= 11 is 0. The predicted octanol–water partition coefficient (Wildman–Crippen LogP) is 2.02. The van der Waals surface area contributed by atoms with E-state index in [-0.39, 0.29) is 41.9 Å². The maximum atomic E-state index is 14.0. The molecule has 0 saturated carbocycles. The number of carbonyl (C=O) groups excluding carboxylic acids is 4. The monoisotopic (exact) mass is 816 g/mol. The summed E-state index contributed by atoms with van der Waals surface area (Å²) in [6.45, 7) is 12.9. The van der Waals surface area contributed by atoms with Gasteiger partial charge in [-0.05, 0) is 82.4 Å². The third kappa shape index (κ3) is 7.45. The van der Waals surface area contributed by atoms with Gasteiger partial charge < -0.3 is 27.1 Å². The molecule has 0 spiro atoms. The molecule has 6 aromatic rings. The molecule has 0 unspecified atom stereocenters. The summed E-state index contributed by atoms with van der Waals surface area (Å²) < 4.78 is 6.75. The minimum Gasteiger partial charge on any atom is -0.395 e. The number of benzene rings is 1. The predicted molar refractivity (Wildman–Crippen MR) is 224 cm³/mol. The number of nitrogens with one attached hydrogen (secondary N) is 3. The number of hydrogen-bond donors (Lipinski definition) is 6. The number of nitrogen functional groups attached to an aromatic ring is 1. The molecule has 60 heavy (non-hydrogen) atoms. The second-order valence-corrected chi connectivity index (χ2v) is 15.3. The summed E-state index contributed by atoms with van der Waals surface area (Å²) in [5, 5.41) is 18.2. The van der Waals surface area contributed by atoms with E-state index >= 15 is 0 Å². The van der Waals surface area contributed by atoms with Crippen LogP contribution in [-0.2, 0) is 32.7 Å². The van der Waals surface area contributed by atoms with Crippen LogP contribution in [0.1, 0.15) is 72.5 Å². The van der Waals surface area contributed by atoms with Gasteiger partial charge in [0.05, 0.1) is 33.7 Å². The molecule has 0 aliphatic carbocycles. The van der Waals surface area contributed by atoms with Crippen molar-refractivity contribution in [3.8, 4) is 0 Å². The van der Waals surface area contributed by atoms with Gasteiger partial charge in [0.25, 0.3) is 11.8 Å². The van der Waals surface area contributed by atoms with Crippen LogP contribution < -0.4 is 33.2 Å². The van der Waals surface area contributed by atoms with E-state index < -0.39 is 23.6 Å². The summed E-state index contributed by atoms with van der Waals surface area (Å²) in [5.74, 6) is -0.632.